The van der Waals surface area contributed by atoms with E-state index in [9.17, 15) is 14.0 Å². The molecule has 0 aliphatic heterocycles. The minimum Gasteiger partial charge on any atom is -0.495 e. The Morgan fingerprint density at radius 1 is 1.20 bits per heavy atom. The smallest absolute Gasteiger partial charge is 0.258 e. The van der Waals surface area contributed by atoms with Crippen molar-refractivity contribution in [3.63, 3.8) is 0 Å². The van der Waals surface area contributed by atoms with E-state index in [0.717, 1.165) is 0 Å². The second-order valence-electron chi connectivity index (χ2n) is 5.30. The van der Waals surface area contributed by atoms with Crippen molar-refractivity contribution in [2.45, 2.75) is 6.92 Å². The van der Waals surface area contributed by atoms with Gasteiger partial charge in [0.15, 0.2) is 0 Å². The lowest BCUT2D eigenvalue weighted by molar-refractivity contribution is -0.114. The molecule has 1 aromatic heterocycles. The zero-order chi connectivity index (χ0) is 18.0. The first-order valence-corrected chi connectivity index (χ1v) is 7.37. The molecule has 25 heavy (non-hydrogen) atoms. The van der Waals surface area contributed by atoms with Crippen LogP contribution in [0, 0.1) is 5.82 Å². The van der Waals surface area contributed by atoms with Crippen LogP contribution in [-0.4, -0.2) is 28.9 Å². The van der Waals surface area contributed by atoms with Crippen molar-refractivity contribution in [2.75, 3.05) is 17.7 Å². The Morgan fingerprint density at radius 3 is 2.72 bits per heavy atom. The first kappa shape index (κ1) is 16.4. The first-order chi connectivity index (χ1) is 12.0. The van der Waals surface area contributed by atoms with Gasteiger partial charge < -0.3 is 20.4 Å². The summed E-state index contributed by atoms with van der Waals surface area (Å²) in [5.41, 5.74) is 1.61. The number of benzene rings is 2. The van der Waals surface area contributed by atoms with Gasteiger partial charge in [-0.1, -0.05) is 0 Å². The Bertz CT molecular complexity index is 968. The highest BCUT2D eigenvalue weighted by Crippen LogP contribution is 2.29. The highest BCUT2D eigenvalue weighted by molar-refractivity contribution is 6.07. The lowest BCUT2D eigenvalue weighted by Gasteiger charge is -2.12. The largest absolute Gasteiger partial charge is 0.495 e. The summed E-state index contributed by atoms with van der Waals surface area (Å²) in [5, 5.41) is 5.20. The van der Waals surface area contributed by atoms with Crippen molar-refractivity contribution in [1.29, 1.82) is 0 Å². The third kappa shape index (κ3) is 3.42. The molecule has 0 unspecified atom stereocenters. The van der Waals surface area contributed by atoms with Gasteiger partial charge in [-0.05, 0) is 24.3 Å². The molecule has 0 radical (unpaired) electrons. The van der Waals surface area contributed by atoms with E-state index in [4.69, 9.17) is 4.74 Å². The van der Waals surface area contributed by atoms with Gasteiger partial charge in [-0.3, -0.25) is 9.59 Å². The summed E-state index contributed by atoms with van der Waals surface area (Å²) in [4.78, 5) is 30.4. The number of carbonyl (C=O) groups excluding carboxylic acids is 2. The molecule has 0 aliphatic rings. The molecule has 8 heteroatoms. The van der Waals surface area contributed by atoms with Gasteiger partial charge in [-0.2, -0.15) is 0 Å². The third-order valence-electron chi connectivity index (χ3n) is 3.52. The van der Waals surface area contributed by atoms with E-state index in [-0.39, 0.29) is 11.5 Å². The Kier molecular flexibility index (Phi) is 4.34. The van der Waals surface area contributed by atoms with Crippen molar-refractivity contribution >= 4 is 34.2 Å². The van der Waals surface area contributed by atoms with E-state index < -0.39 is 11.7 Å². The summed E-state index contributed by atoms with van der Waals surface area (Å²) in [6.45, 7) is 1.37. The van der Waals surface area contributed by atoms with Gasteiger partial charge in [0.1, 0.15) is 11.6 Å². The fourth-order valence-corrected chi connectivity index (χ4v) is 2.41. The van der Waals surface area contributed by atoms with Crippen molar-refractivity contribution in [1.82, 2.24) is 9.97 Å². The van der Waals surface area contributed by atoms with Crippen LogP contribution in [0.5, 0.6) is 5.75 Å². The van der Waals surface area contributed by atoms with Crippen LogP contribution in [0.1, 0.15) is 17.3 Å². The van der Waals surface area contributed by atoms with Crippen molar-refractivity contribution in [3.8, 4) is 5.75 Å². The molecule has 0 spiro atoms. The van der Waals surface area contributed by atoms with Gasteiger partial charge in [0.05, 0.1) is 35.7 Å². The van der Waals surface area contributed by atoms with Gasteiger partial charge in [0, 0.05) is 18.7 Å². The molecular formula is C17H15FN4O3. The minimum atomic E-state index is -0.675. The highest BCUT2D eigenvalue weighted by Gasteiger charge is 2.16. The van der Waals surface area contributed by atoms with E-state index in [1.165, 1.54) is 38.6 Å². The van der Waals surface area contributed by atoms with E-state index in [1.54, 1.807) is 12.1 Å². The van der Waals surface area contributed by atoms with Crippen LogP contribution in [0.4, 0.5) is 15.8 Å². The molecule has 2 aromatic carbocycles. The number of nitrogens with zero attached hydrogens (tertiary/aromatic N) is 1. The molecular weight excluding hydrogens is 327 g/mol. The molecule has 7 nitrogen and oxygen atoms in total. The maximum absolute atomic E-state index is 14.2. The Hall–Kier alpha value is -3.42. The number of methoxy groups -OCH3 is 1. The lowest BCUT2D eigenvalue weighted by atomic mass is 10.1. The van der Waals surface area contributed by atoms with Crippen LogP contribution in [0.2, 0.25) is 0 Å². The number of hydrogen-bond donors (Lipinski definition) is 3. The van der Waals surface area contributed by atoms with Crippen LogP contribution < -0.4 is 15.4 Å². The number of anilines is 2. The average molecular weight is 342 g/mol. The molecule has 0 aliphatic carbocycles. The molecule has 2 amide bonds. The summed E-state index contributed by atoms with van der Waals surface area (Å²) < 4.78 is 19.4. The maximum atomic E-state index is 14.2. The van der Waals surface area contributed by atoms with Crippen LogP contribution in [-0.2, 0) is 4.79 Å². The molecule has 3 aromatic rings. The number of imidazole rings is 1. The fraction of sp³-hybridized carbons (Fsp3) is 0.118. The SMILES string of the molecule is COc1ccc(NC(C)=O)cc1NC(=O)c1cc2nc[nH]c2cc1F. The number of H-pyrrole nitrogens is 1. The number of aromatic amines is 1. The number of hydrogen-bond acceptors (Lipinski definition) is 4. The predicted molar refractivity (Wildman–Crippen MR) is 91.3 cm³/mol. The standard InChI is InChI=1S/C17H15FN4O3/c1-9(23)21-10-3-4-16(25-2)15(5-10)22-17(24)11-6-13-14(7-12(11)18)20-8-19-13/h3-8H,1-2H3,(H,19,20)(H,21,23)(H,22,24). The van der Waals surface area contributed by atoms with Gasteiger partial charge in [0.2, 0.25) is 5.91 Å². The molecule has 0 atom stereocenters. The predicted octanol–water partition coefficient (Wildman–Crippen LogP) is 2.92. The van der Waals surface area contributed by atoms with E-state index in [0.29, 0.717) is 28.2 Å². The Balaban J connectivity index is 1.93. The number of rotatable bonds is 4. The molecule has 3 N–H and O–H groups in total. The minimum absolute atomic E-state index is 0.147. The maximum Gasteiger partial charge on any atom is 0.258 e. The summed E-state index contributed by atoms with van der Waals surface area (Å²) in [6.07, 6.45) is 1.42. The average Bonchev–Trinajstić information content (AvgIpc) is 3.00. The summed E-state index contributed by atoms with van der Waals surface area (Å²) in [7, 11) is 1.44. The van der Waals surface area contributed by atoms with Crippen molar-refractivity contribution < 1.29 is 18.7 Å². The second-order valence-corrected chi connectivity index (χ2v) is 5.30. The number of carbonyl (C=O) groups is 2. The van der Waals surface area contributed by atoms with E-state index in [2.05, 4.69) is 20.6 Å². The van der Waals surface area contributed by atoms with Crippen LogP contribution in [0.3, 0.4) is 0 Å². The molecule has 3 rings (SSSR count). The number of halogens is 1. The van der Waals surface area contributed by atoms with Gasteiger partial charge in [-0.15, -0.1) is 0 Å². The number of nitrogens with one attached hydrogen (secondary N) is 3. The molecule has 0 bridgehead atoms. The van der Waals surface area contributed by atoms with E-state index >= 15 is 0 Å². The van der Waals surface area contributed by atoms with Gasteiger partial charge in [0.25, 0.3) is 5.91 Å². The van der Waals surface area contributed by atoms with Crippen LogP contribution in [0.25, 0.3) is 11.0 Å². The number of aromatic nitrogens is 2. The quantitative estimate of drug-likeness (QED) is 0.679. The molecule has 0 fully saturated rings. The van der Waals surface area contributed by atoms with Crippen molar-refractivity contribution in [3.05, 3.63) is 48.0 Å². The zero-order valence-corrected chi connectivity index (χ0v) is 13.5. The van der Waals surface area contributed by atoms with Crippen LogP contribution >= 0.6 is 0 Å². The van der Waals surface area contributed by atoms with Crippen molar-refractivity contribution in [2.24, 2.45) is 0 Å². The molecule has 0 saturated carbocycles. The summed E-state index contributed by atoms with van der Waals surface area (Å²) >= 11 is 0. The monoisotopic (exact) mass is 342 g/mol. The highest BCUT2D eigenvalue weighted by atomic mass is 19.1. The Morgan fingerprint density at radius 2 is 2.00 bits per heavy atom. The summed E-state index contributed by atoms with van der Waals surface area (Å²) in [6, 6.07) is 7.33. The lowest BCUT2D eigenvalue weighted by Crippen LogP contribution is -2.15. The topological polar surface area (TPSA) is 96.1 Å². The first-order valence-electron chi connectivity index (χ1n) is 7.37. The second kappa shape index (κ2) is 6.60. The number of fused-ring (bicyclic) bond motifs is 1. The third-order valence-corrected chi connectivity index (χ3v) is 3.52. The Labute approximate surface area is 142 Å². The number of ether oxygens (including phenoxy) is 1. The normalized spacial score (nSPS) is 10.5. The molecule has 1 heterocycles. The van der Waals surface area contributed by atoms with Gasteiger partial charge >= 0.3 is 0 Å². The number of amides is 2. The van der Waals surface area contributed by atoms with Crippen LogP contribution in [0.15, 0.2) is 36.7 Å². The fourth-order valence-electron chi connectivity index (χ4n) is 2.41. The summed E-state index contributed by atoms with van der Waals surface area (Å²) in [5.74, 6) is -1.20. The molecule has 0 saturated heterocycles. The van der Waals surface area contributed by atoms with Gasteiger partial charge in [-0.25, -0.2) is 9.37 Å². The van der Waals surface area contributed by atoms with E-state index in [1.807, 2.05) is 0 Å². The molecule has 128 valence electrons. The zero-order valence-electron chi connectivity index (χ0n) is 13.5.